The van der Waals surface area contributed by atoms with Crippen LogP contribution in [-0.2, 0) is 17.9 Å². The molecule has 0 heterocycles. The lowest BCUT2D eigenvalue weighted by Crippen LogP contribution is -1.97. The highest BCUT2D eigenvalue weighted by molar-refractivity contribution is 5.21. The van der Waals surface area contributed by atoms with Crippen LogP contribution in [-0.4, -0.2) is 6.61 Å². The van der Waals surface area contributed by atoms with Crippen molar-refractivity contribution in [2.24, 2.45) is 5.73 Å². The molecule has 0 saturated carbocycles. The van der Waals surface area contributed by atoms with Crippen molar-refractivity contribution in [1.82, 2.24) is 0 Å². The van der Waals surface area contributed by atoms with Gasteiger partial charge in [0.25, 0.3) is 0 Å². The molecular weight excluding hydrogens is 174 g/mol. The van der Waals surface area contributed by atoms with E-state index < -0.39 is 0 Å². The molecule has 0 fully saturated rings. The molecule has 2 nitrogen and oxygen atoms in total. The molecule has 1 aromatic rings. The summed E-state index contributed by atoms with van der Waals surface area (Å²) < 4.78 is 5.42. The molecule has 0 amide bonds. The molecule has 76 valence electrons. The van der Waals surface area contributed by atoms with Crippen LogP contribution in [0, 0.1) is 0 Å². The minimum atomic E-state index is 0.597. The van der Waals surface area contributed by atoms with Gasteiger partial charge in [0.05, 0.1) is 13.2 Å². The van der Waals surface area contributed by atoms with Crippen molar-refractivity contribution < 1.29 is 4.74 Å². The molecule has 1 aromatic carbocycles. The maximum atomic E-state index is 5.50. The maximum Gasteiger partial charge on any atom is 0.0721 e. The zero-order valence-electron chi connectivity index (χ0n) is 8.57. The molecule has 2 heteroatoms. The first-order chi connectivity index (χ1) is 6.86. The van der Waals surface area contributed by atoms with Gasteiger partial charge in [0, 0.05) is 6.54 Å². The van der Waals surface area contributed by atoms with Crippen LogP contribution < -0.4 is 5.73 Å². The lowest BCUT2D eigenvalue weighted by atomic mass is 10.1. The topological polar surface area (TPSA) is 35.2 Å². The molecule has 0 aliphatic rings. The molecule has 0 spiro atoms. The molecule has 0 aliphatic heterocycles. The summed E-state index contributed by atoms with van der Waals surface area (Å²) in [6.07, 6.45) is 3.98. The van der Waals surface area contributed by atoms with Crippen molar-refractivity contribution in [3.63, 3.8) is 0 Å². The Hall–Kier alpha value is -1.12. The van der Waals surface area contributed by atoms with E-state index in [4.69, 9.17) is 10.5 Å². The van der Waals surface area contributed by atoms with Gasteiger partial charge in [0.2, 0.25) is 0 Å². The van der Waals surface area contributed by atoms with Crippen LogP contribution in [0.15, 0.2) is 36.4 Å². The number of ether oxygens (including phenoxy) is 1. The molecule has 0 aliphatic carbocycles. The van der Waals surface area contributed by atoms with Crippen molar-refractivity contribution in [3.8, 4) is 0 Å². The fourth-order valence-electron chi connectivity index (χ4n) is 1.11. The van der Waals surface area contributed by atoms with Crippen LogP contribution in [0.1, 0.15) is 18.1 Å². The summed E-state index contributed by atoms with van der Waals surface area (Å²) in [5.74, 6) is 0. The van der Waals surface area contributed by atoms with E-state index in [0.717, 1.165) is 5.56 Å². The Bertz CT molecular complexity index is 277. The number of hydrogen-bond donors (Lipinski definition) is 1. The van der Waals surface area contributed by atoms with E-state index in [9.17, 15) is 0 Å². The van der Waals surface area contributed by atoms with Gasteiger partial charge in [-0.05, 0) is 18.1 Å². The second-order valence-electron chi connectivity index (χ2n) is 3.10. The van der Waals surface area contributed by atoms with Gasteiger partial charge in [-0.1, -0.05) is 36.4 Å². The summed E-state index contributed by atoms with van der Waals surface area (Å²) in [6.45, 7) is 3.92. The molecule has 0 radical (unpaired) electrons. The number of benzene rings is 1. The highest BCUT2D eigenvalue weighted by Gasteiger charge is 1.92. The molecule has 0 atom stereocenters. The van der Waals surface area contributed by atoms with E-state index in [2.05, 4.69) is 12.1 Å². The van der Waals surface area contributed by atoms with E-state index in [-0.39, 0.29) is 0 Å². The Balaban J connectivity index is 2.36. The molecule has 0 saturated heterocycles. The van der Waals surface area contributed by atoms with Gasteiger partial charge in [-0.15, -0.1) is 0 Å². The third-order valence-electron chi connectivity index (χ3n) is 1.98. The molecule has 0 unspecified atom stereocenters. The fourth-order valence-corrected chi connectivity index (χ4v) is 1.11. The van der Waals surface area contributed by atoms with Crippen molar-refractivity contribution in [1.29, 1.82) is 0 Å². The third kappa shape index (κ3) is 3.73. The summed E-state index contributed by atoms with van der Waals surface area (Å²) in [6, 6.07) is 8.18. The van der Waals surface area contributed by atoms with E-state index in [0.29, 0.717) is 19.8 Å². The average molecular weight is 191 g/mol. The maximum absolute atomic E-state index is 5.50. The van der Waals surface area contributed by atoms with Gasteiger partial charge in [-0.25, -0.2) is 0 Å². The van der Waals surface area contributed by atoms with Crippen LogP contribution >= 0.6 is 0 Å². The highest BCUT2D eigenvalue weighted by Crippen LogP contribution is 2.04. The summed E-state index contributed by atoms with van der Waals surface area (Å²) >= 11 is 0. The van der Waals surface area contributed by atoms with Gasteiger partial charge in [0.1, 0.15) is 0 Å². The van der Waals surface area contributed by atoms with Crippen LogP contribution in [0.5, 0.6) is 0 Å². The Morgan fingerprint density at radius 1 is 1.21 bits per heavy atom. The third-order valence-corrected chi connectivity index (χ3v) is 1.98. The lowest BCUT2D eigenvalue weighted by molar-refractivity contribution is 0.148. The first-order valence-electron chi connectivity index (χ1n) is 4.83. The average Bonchev–Trinajstić information content (AvgIpc) is 2.25. The van der Waals surface area contributed by atoms with Gasteiger partial charge in [-0.3, -0.25) is 0 Å². The Kier molecular flexibility index (Phi) is 4.97. The van der Waals surface area contributed by atoms with Crippen molar-refractivity contribution in [3.05, 3.63) is 47.5 Å². The summed E-state index contributed by atoms with van der Waals surface area (Å²) in [7, 11) is 0. The second-order valence-corrected chi connectivity index (χ2v) is 3.10. The van der Waals surface area contributed by atoms with E-state index in [1.54, 1.807) is 0 Å². The van der Waals surface area contributed by atoms with Gasteiger partial charge < -0.3 is 10.5 Å². The monoisotopic (exact) mass is 191 g/mol. The molecule has 2 N–H and O–H groups in total. The molecular formula is C12H17NO. The summed E-state index contributed by atoms with van der Waals surface area (Å²) in [5.41, 5.74) is 7.84. The quantitative estimate of drug-likeness (QED) is 0.572. The molecule has 14 heavy (non-hydrogen) atoms. The summed E-state index contributed by atoms with van der Waals surface area (Å²) in [4.78, 5) is 0. The number of hydrogen-bond acceptors (Lipinski definition) is 2. The SMILES string of the molecule is C/C=C/COCc1ccc(CN)cc1. The Morgan fingerprint density at radius 2 is 1.86 bits per heavy atom. The first kappa shape index (κ1) is 11.0. The first-order valence-corrected chi connectivity index (χ1v) is 4.83. The number of rotatable bonds is 5. The van der Waals surface area contributed by atoms with E-state index in [1.165, 1.54) is 5.56 Å². The van der Waals surface area contributed by atoms with Gasteiger partial charge >= 0.3 is 0 Å². The second kappa shape index (κ2) is 6.35. The van der Waals surface area contributed by atoms with Gasteiger partial charge in [0.15, 0.2) is 0 Å². The normalized spacial score (nSPS) is 11.0. The van der Waals surface area contributed by atoms with E-state index in [1.807, 2.05) is 31.2 Å². The van der Waals surface area contributed by atoms with Crippen LogP contribution in [0.2, 0.25) is 0 Å². The van der Waals surface area contributed by atoms with Gasteiger partial charge in [-0.2, -0.15) is 0 Å². The van der Waals surface area contributed by atoms with Crippen LogP contribution in [0.4, 0.5) is 0 Å². The molecule has 0 aromatic heterocycles. The summed E-state index contributed by atoms with van der Waals surface area (Å²) in [5, 5.41) is 0. The predicted molar refractivity (Wildman–Crippen MR) is 58.8 cm³/mol. The number of allylic oxidation sites excluding steroid dienone is 1. The minimum absolute atomic E-state index is 0.597. The van der Waals surface area contributed by atoms with Crippen molar-refractivity contribution in [2.45, 2.75) is 20.1 Å². The fraction of sp³-hybridized carbons (Fsp3) is 0.333. The van der Waals surface area contributed by atoms with Crippen LogP contribution in [0.3, 0.4) is 0 Å². The predicted octanol–water partition coefficient (Wildman–Crippen LogP) is 2.24. The van der Waals surface area contributed by atoms with E-state index >= 15 is 0 Å². The van der Waals surface area contributed by atoms with Crippen LogP contribution in [0.25, 0.3) is 0 Å². The highest BCUT2D eigenvalue weighted by atomic mass is 16.5. The van der Waals surface area contributed by atoms with Crippen molar-refractivity contribution in [2.75, 3.05) is 6.61 Å². The minimum Gasteiger partial charge on any atom is -0.373 e. The zero-order valence-corrected chi connectivity index (χ0v) is 8.57. The number of nitrogens with two attached hydrogens (primary N) is 1. The smallest absolute Gasteiger partial charge is 0.0721 e. The molecule has 1 rings (SSSR count). The Labute approximate surface area is 85.4 Å². The standard InChI is InChI=1S/C12H17NO/c1-2-3-8-14-10-12-6-4-11(9-13)5-7-12/h2-7H,8-10,13H2,1H3/b3-2+. The Morgan fingerprint density at radius 3 is 2.43 bits per heavy atom. The van der Waals surface area contributed by atoms with Crippen molar-refractivity contribution >= 4 is 0 Å². The largest absolute Gasteiger partial charge is 0.373 e. The zero-order chi connectivity index (χ0) is 10.2. The molecule has 0 bridgehead atoms. The lowest BCUT2D eigenvalue weighted by Gasteiger charge is -2.02.